The minimum absolute atomic E-state index is 0.0346. The Balaban J connectivity index is 2.30. The van der Waals surface area contributed by atoms with Crippen molar-refractivity contribution in [3.05, 3.63) is 28.8 Å². The van der Waals surface area contributed by atoms with Gasteiger partial charge in [-0.25, -0.2) is 0 Å². The Morgan fingerprint density at radius 1 is 1.40 bits per heavy atom. The van der Waals surface area contributed by atoms with Gasteiger partial charge < -0.3 is 15.2 Å². The van der Waals surface area contributed by atoms with E-state index in [1.54, 1.807) is 18.2 Å². The third-order valence-corrected chi connectivity index (χ3v) is 3.73. The number of rotatable bonds is 3. The average molecular weight is 297 g/mol. The van der Waals surface area contributed by atoms with Gasteiger partial charge in [0, 0.05) is 11.4 Å². The van der Waals surface area contributed by atoms with Crippen LogP contribution in [0.25, 0.3) is 0 Å². The Kier molecular flexibility index (Phi) is 3.73. The normalized spacial score (nSPS) is 23.6. The van der Waals surface area contributed by atoms with Gasteiger partial charge in [0.05, 0.1) is 11.2 Å². The van der Waals surface area contributed by atoms with Crippen LogP contribution in [-0.4, -0.2) is 23.1 Å². The van der Waals surface area contributed by atoms with Gasteiger partial charge in [0.15, 0.2) is 0 Å². The van der Waals surface area contributed by atoms with Gasteiger partial charge in [-0.2, -0.15) is 0 Å². The molecule has 5 heteroatoms. The molecule has 1 aliphatic heterocycles. The molecule has 20 heavy (non-hydrogen) atoms. The van der Waals surface area contributed by atoms with Crippen LogP contribution in [0.5, 0.6) is 5.75 Å². The number of nitrogens with one attached hydrogen (secondary N) is 1. The Labute approximate surface area is 124 Å². The topological polar surface area (TPSA) is 68.3 Å². The molecule has 1 aliphatic rings. The molecule has 0 bridgehead atoms. The zero-order chi connectivity index (χ0) is 15.1. The van der Waals surface area contributed by atoms with Crippen LogP contribution < -0.4 is 10.5 Å². The molecule has 1 unspecified atom stereocenters. The summed E-state index contributed by atoms with van der Waals surface area (Å²) in [6.45, 7) is 8.10. The van der Waals surface area contributed by atoms with Crippen molar-refractivity contribution in [2.24, 2.45) is 5.73 Å². The minimum Gasteiger partial charge on any atom is -0.487 e. The smallest absolute Gasteiger partial charge is 0.132 e. The fourth-order valence-electron chi connectivity index (χ4n) is 2.66. The highest BCUT2D eigenvalue weighted by molar-refractivity contribution is 6.30. The van der Waals surface area contributed by atoms with Gasteiger partial charge >= 0.3 is 0 Å². The summed E-state index contributed by atoms with van der Waals surface area (Å²) in [6, 6.07) is 5.10. The van der Waals surface area contributed by atoms with Crippen LogP contribution >= 0.6 is 11.6 Å². The van der Waals surface area contributed by atoms with E-state index in [0.29, 0.717) is 16.3 Å². The zero-order valence-corrected chi connectivity index (χ0v) is 13.0. The largest absolute Gasteiger partial charge is 0.487 e. The summed E-state index contributed by atoms with van der Waals surface area (Å²) in [4.78, 5) is 0. The standard InChI is InChI=1S/C15H21ClN2O2/c1-14(2)8-12(15(3,4)20-14)19-11-7-9(16)5-6-10(11)13(17)18/h5-7,12H,8H2,1-4H3,(H3,17,18). The second kappa shape index (κ2) is 4.93. The summed E-state index contributed by atoms with van der Waals surface area (Å²) < 4.78 is 12.1. The van der Waals surface area contributed by atoms with Gasteiger partial charge in [0.1, 0.15) is 23.3 Å². The number of hydrogen-bond acceptors (Lipinski definition) is 3. The molecule has 1 aromatic rings. The predicted octanol–water partition coefficient (Wildman–Crippen LogP) is 3.35. The van der Waals surface area contributed by atoms with Crippen molar-refractivity contribution in [1.82, 2.24) is 0 Å². The summed E-state index contributed by atoms with van der Waals surface area (Å²) in [5, 5.41) is 8.18. The molecule has 0 radical (unpaired) electrons. The van der Waals surface area contributed by atoms with Crippen LogP contribution in [-0.2, 0) is 4.74 Å². The number of nitrogen functional groups attached to an aromatic ring is 1. The molecule has 1 fully saturated rings. The van der Waals surface area contributed by atoms with Gasteiger partial charge in [-0.1, -0.05) is 11.6 Å². The second-order valence-electron chi connectivity index (χ2n) is 6.33. The molecular formula is C15H21ClN2O2. The molecule has 0 aromatic heterocycles. The highest BCUT2D eigenvalue weighted by Crippen LogP contribution is 2.40. The van der Waals surface area contributed by atoms with Crippen LogP contribution in [0, 0.1) is 5.41 Å². The first-order valence-electron chi connectivity index (χ1n) is 6.61. The highest BCUT2D eigenvalue weighted by atomic mass is 35.5. The van der Waals surface area contributed by atoms with Crippen molar-refractivity contribution in [1.29, 1.82) is 5.41 Å². The van der Waals surface area contributed by atoms with E-state index in [1.807, 2.05) is 27.7 Å². The van der Waals surface area contributed by atoms with Gasteiger partial charge in [-0.05, 0) is 45.9 Å². The fourth-order valence-corrected chi connectivity index (χ4v) is 2.83. The summed E-state index contributed by atoms with van der Waals surface area (Å²) >= 11 is 6.01. The molecule has 0 saturated carbocycles. The molecule has 3 N–H and O–H groups in total. The molecule has 0 aliphatic carbocycles. The lowest BCUT2D eigenvalue weighted by atomic mass is 9.97. The van der Waals surface area contributed by atoms with Crippen LogP contribution in [0.15, 0.2) is 18.2 Å². The van der Waals surface area contributed by atoms with E-state index in [4.69, 9.17) is 32.2 Å². The number of hydrogen-bond donors (Lipinski definition) is 2. The third kappa shape index (κ3) is 3.07. The lowest BCUT2D eigenvalue weighted by molar-refractivity contribution is -0.0846. The molecule has 2 rings (SSSR count). The SMILES string of the molecule is CC1(C)CC(Oc2cc(Cl)ccc2C(=N)N)C(C)(C)O1. The summed E-state index contributed by atoms with van der Waals surface area (Å²) in [5.41, 5.74) is 5.50. The zero-order valence-electron chi connectivity index (χ0n) is 12.3. The summed E-state index contributed by atoms with van der Waals surface area (Å²) in [6.07, 6.45) is 0.651. The first-order chi connectivity index (χ1) is 9.11. The molecule has 110 valence electrons. The van der Waals surface area contributed by atoms with Gasteiger partial charge in [0.2, 0.25) is 0 Å². The van der Waals surface area contributed by atoms with E-state index in [-0.39, 0.29) is 17.5 Å². The average Bonchev–Trinajstić information content (AvgIpc) is 2.46. The lowest BCUT2D eigenvalue weighted by Gasteiger charge is -2.28. The molecule has 1 aromatic carbocycles. The summed E-state index contributed by atoms with van der Waals surface area (Å²) in [5.74, 6) is 0.497. The van der Waals surface area contributed by atoms with Crippen LogP contribution in [0.1, 0.15) is 39.7 Å². The van der Waals surface area contributed by atoms with Crippen molar-refractivity contribution in [3.8, 4) is 5.75 Å². The van der Waals surface area contributed by atoms with Crippen LogP contribution in [0.4, 0.5) is 0 Å². The molecular weight excluding hydrogens is 276 g/mol. The monoisotopic (exact) mass is 296 g/mol. The van der Waals surface area contributed by atoms with Crippen molar-refractivity contribution in [2.75, 3.05) is 0 Å². The van der Waals surface area contributed by atoms with Gasteiger partial charge in [-0.15, -0.1) is 0 Å². The minimum atomic E-state index is -0.403. The van der Waals surface area contributed by atoms with Crippen LogP contribution in [0.3, 0.4) is 0 Å². The number of amidine groups is 1. The second-order valence-corrected chi connectivity index (χ2v) is 6.77. The Morgan fingerprint density at radius 2 is 2.05 bits per heavy atom. The van der Waals surface area contributed by atoms with Crippen LogP contribution in [0.2, 0.25) is 5.02 Å². The fraction of sp³-hybridized carbons (Fsp3) is 0.533. The molecule has 1 atom stereocenters. The van der Waals surface area contributed by atoms with Crippen molar-refractivity contribution in [3.63, 3.8) is 0 Å². The Hall–Kier alpha value is -1.26. The maximum atomic E-state index is 7.62. The Morgan fingerprint density at radius 3 is 2.55 bits per heavy atom. The van der Waals surface area contributed by atoms with E-state index in [0.717, 1.165) is 6.42 Å². The van der Waals surface area contributed by atoms with Crippen molar-refractivity contribution < 1.29 is 9.47 Å². The molecule has 0 spiro atoms. The van der Waals surface area contributed by atoms with Gasteiger partial charge in [-0.3, -0.25) is 5.41 Å². The van der Waals surface area contributed by atoms with E-state index >= 15 is 0 Å². The lowest BCUT2D eigenvalue weighted by Crippen LogP contribution is -2.37. The number of benzene rings is 1. The number of nitrogens with two attached hydrogens (primary N) is 1. The highest BCUT2D eigenvalue weighted by Gasteiger charge is 2.47. The van der Waals surface area contributed by atoms with E-state index in [1.165, 1.54) is 0 Å². The quantitative estimate of drug-likeness (QED) is 0.664. The maximum absolute atomic E-state index is 7.62. The van der Waals surface area contributed by atoms with E-state index < -0.39 is 5.60 Å². The maximum Gasteiger partial charge on any atom is 0.132 e. The van der Waals surface area contributed by atoms with E-state index in [2.05, 4.69) is 0 Å². The summed E-state index contributed by atoms with van der Waals surface area (Å²) in [7, 11) is 0. The van der Waals surface area contributed by atoms with Gasteiger partial charge in [0.25, 0.3) is 0 Å². The first-order valence-corrected chi connectivity index (χ1v) is 6.99. The molecule has 4 nitrogen and oxygen atoms in total. The first kappa shape index (κ1) is 15.1. The molecule has 0 amide bonds. The number of ether oxygens (including phenoxy) is 2. The Bertz CT molecular complexity index is 541. The molecule has 1 heterocycles. The number of halogens is 1. The predicted molar refractivity (Wildman–Crippen MR) is 80.7 cm³/mol. The third-order valence-electron chi connectivity index (χ3n) is 3.49. The van der Waals surface area contributed by atoms with Crippen molar-refractivity contribution >= 4 is 17.4 Å². The molecule has 1 saturated heterocycles. The van der Waals surface area contributed by atoms with E-state index in [9.17, 15) is 0 Å². The van der Waals surface area contributed by atoms with Crippen molar-refractivity contribution in [2.45, 2.75) is 51.4 Å².